The number of hydrogen-bond donors (Lipinski definition) is 1. The van der Waals surface area contributed by atoms with Crippen molar-refractivity contribution in [2.45, 2.75) is 6.92 Å². The third-order valence-electron chi connectivity index (χ3n) is 2.61. The normalized spacial score (nSPS) is 10.4. The van der Waals surface area contributed by atoms with Gasteiger partial charge in [0.1, 0.15) is 5.82 Å². The molecular formula is C14H9BrCl2FNO. The van der Waals surface area contributed by atoms with E-state index in [4.69, 9.17) is 23.2 Å². The first kappa shape index (κ1) is 15.3. The topological polar surface area (TPSA) is 29.1 Å². The first-order valence-corrected chi connectivity index (χ1v) is 7.15. The molecule has 0 unspecified atom stereocenters. The zero-order valence-corrected chi connectivity index (χ0v) is 13.4. The highest BCUT2D eigenvalue weighted by Crippen LogP contribution is 2.34. The fraction of sp³-hybridized carbons (Fsp3) is 0.0714. The number of anilines is 1. The summed E-state index contributed by atoms with van der Waals surface area (Å²) >= 11 is 15.3. The van der Waals surface area contributed by atoms with E-state index in [-0.39, 0.29) is 21.3 Å². The third kappa shape index (κ3) is 3.32. The molecule has 0 fully saturated rings. The molecule has 0 spiro atoms. The van der Waals surface area contributed by atoms with E-state index in [9.17, 15) is 9.18 Å². The van der Waals surface area contributed by atoms with E-state index in [1.54, 1.807) is 25.1 Å². The van der Waals surface area contributed by atoms with Crippen LogP contribution in [0.3, 0.4) is 0 Å². The molecule has 0 aliphatic carbocycles. The zero-order chi connectivity index (χ0) is 14.9. The van der Waals surface area contributed by atoms with Crippen molar-refractivity contribution in [3.63, 3.8) is 0 Å². The highest BCUT2D eigenvalue weighted by Gasteiger charge is 2.15. The van der Waals surface area contributed by atoms with E-state index in [1.807, 2.05) is 0 Å². The van der Waals surface area contributed by atoms with Gasteiger partial charge in [0, 0.05) is 4.47 Å². The van der Waals surface area contributed by atoms with Gasteiger partial charge in [0.25, 0.3) is 5.91 Å². The van der Waals surface area contributed by atoms with Crippen molar-refractivity contribution in [2.75, 3.05) is 5.32 Å². The second-order valence-electron chi connectivity index (χ2n) is 4.18. The van der Waals surface area contributed by atoms with Crippen molar-refractivity contribution >= 4 is 50.7 Å². The van der Waals surface area contributed by atoms with E-state index in [1.165, 1.54) is 12.1 Å². The summed E-state index contributed by atoms with van der Waals surface area (Å²) in [6.07, 6.45) is 0. The number of aryl methyl sites for hydroxylation is 1. The number of hydrogen-bond acceptors (Lipinski definition) is 1. The van der Waals surface area contributed by atoms with Crippen LogP contribution in [0.2, 0.25) is 10.0 Å². The first-order chi connectivity index (χ1) is 9.38. The van der Waals surface area contributed by atoms with Crippen LogP contribution in [0.4, 0.5) is 10.1 Å². The maximum Gasteiger partial charge on any atom is 0.258 e. The van der Waals surface area contributed by atoms with Gasteiger partial charge in [0.15, 0.2) is 0 Å². The largest absolute Gasteiger partial charge is 0.319 e. The van der Waals surface area contributed by atoms with Gasteiger partial charge in [-0.25, -0.2) is 4.39 Å². The van der Waals surface area contributed by atoms with Gasteiger partial charge in [-0.2, -0.15) is 0 Å². The van der Waals surface area contributed by atoms with Crippen LogP contribution in [0.25, 0.3) is 0 Å². The predicted octanol–water partition coefficient (Wildman–Crippen LogP) is 5.46. The Labute approximate surface area is 134 Å². The summed E-state index contributed by atoms with van der Waals surface area (Å²) in [6.45, 7) is 1.74. The zero-order valence-electron chi connectivity index (χ0n) is 10.3. The lowest BCUT2D eigenvalue weighted by atomic mass is 10.1. The summed E-state index contributed by atoms with van der Waals surface area (Å²) in [5.41, 5.74) is 0.922. The van der Waals surface area contributed by atoms with Crippen molar-refractivity contribution < 1.29 is 9.18 Å². The van der Waals surface area contributed by atoms with E-state index in [0.29, 0.717) is 4.47 Å². The molecule has 0 aliphatic rings. The summed E-state index contributed by atoms with van der Waals surface area (Å²) < 4.78 is 14.4. The van der Waals surface area contributed by atoms with Gasteiger partial charge in [-0.3, -0.25) is 4.79 Å². The van der Waals surface area contributed by atoms with Crippen LogP contribution >= 0.6 is 39.1 Å². The Morgan fingerprint density at radius 2 is 1.80 bits per heavy atom. The SMILES string of the molecule is Cc1ccc(C(=O)Nc2c(Cl)cc(Br)cc2Cl)c(F)c1. The van der Waals surface area contributed by atoms with E-state index < -0.39 is 11.7 Å². The number of amides is 1. The Balaban J connectivity index is 2.33. The lowest BCUT2D eigenvalue weighted by molar-refractivity contribution is 0.102. The predicted molar refractivity (Wildman–Crippen MR) is 83.3 cm³/mol. The summed E-state index contributed by atoms with van der Waals surface area (Å²) in [5.74, 6) is -1.19. The molecule has 6 heteroatoms. The van der Waals surface area contributed by atoms with Crippen LogP contribution in [0.15, 0.2) is 34.8 Å². The molecule has 104 valence electrons. The molecule has 0 aliphatic heterocycles. The molecular weight excluding hydrogens is 368 g/mol. The summed E-state index contributed by atoms with van der Waals surface area (Å²) in [4.78, 5) is 12.1. The summed E-state index contributed by atoms with van der Waals surface area (Å²) in [6, 6.07) is 7.55. The second kappa shape index (κ2) is 6.12. The number of halogens is 4. The lowest BCUT2D eigenvalue weighted by Gasteiger charge is -2.10. The van der Waals surface area contributed by atoms with Crippen molar-refractivity contribution in [2.24, 2.45) is 0 Å². The van der Waals surface area contributed by atoms with E-state index >= 15 is 0 Å². The van der Waals surface area contributed by atoms with Crippen LogP contribution < -0.4 is 5.32 Å². The Kier molecular flexibility index (Phi) is 4.68. The Morgan fingerprint density at radius 3 is 2.35 bits per heavy atom. The molecule has 1 amide bonds. The second-order valence-corrected chi connectivity index (χ2v) is 5.91. The molecule has 0 saturated heterocycles. The fourth-order valence-corrected chi connectivity index (χ4v) is 2.95. The highest BCUT2D eigenvalue weighted by molar-refractivity contribution is 9.10. The molecule has 2 rings (SSSR count). The van der Waals surface area contributed by atoms with Gasteiger partial charge in [-0.05, 0) is 36.8 Å². The average molecular weight is 377 g/mol. The van der Waals surface area contributed by atoms with E-state index in [0.717, 1.165) is 5.56 Å². The molecule has 20 heavy (non-hydrogen) atoms. The van der Waals surface area contributed by atoms with Crippen LogP contribution in [0, 0.1) is 12.7 Å². The molecule has 2 nitrogen and oxygen atoms in total. The smallest absolute Gasteiger partial charge is 0.258 e. The Bertz CT molecular complexity index is 668. The van der Waals surface area contributed by atoms with Crippen LogP contribution in [-0.2, 0) is 0 Å². The van der Waals surface area contributed by atoms with Crippen LogP contribution in [0.1, 0.15) is 15.9 Å². The third-order valence-corrected chi connectivity index (χ3v) is 3.67. The molecule has 0 radical (unpaired) electrons. The minimum absolute atomic E-state index is 0.0642. The molecule has 0 aromatic heterocycles. The van der Waals surface area contributed by atoms with Crippen molar-refractivity contribution in [1.29, 1.82) is 0 Å². The molecule has 0 saturated carbocycles. The number of nitrogens with one attached hydrogen (secondary N) is 1. The van der Waals surface area contributed by atoms with Crippen molar-refractivity contribution in [3.05, 3.63) is 61.8 Å². The minimum atomic E-state index is -0.603. The molecule has 0 atom stereocenters. The number of carbonyl (C=O) groups is 1. The standard InChI is InChI=1S/C14H9BrCl2FNO/c1-7-2-3-9(12(18)4-7)14(20)19-13-10(16)5-8(15)6-11(13)17/h2-6H,1H3,(H,19,20). The van der Waals surface area contributed by atoms with Gasteiger partial charge >= 0.3 is 0 Å². The number of rotatable bonds is 2. The van der Waals surface area contributed by atoms with Crippen LogP contribution in [0.5, 0.6) is 0 Å². The van der Waals surface area contributed by atoms with Gasteiger partial charge < -0.3 is 5.32 Å². The van der Waals surface area contributed by atoms with Gasteiger partial charge in [0.05, 0.1) is 21.3 Å². The van der Waals surface area contributed by atoms with Gasteiger partial charge in [0.2, 0.25) is 0 Å². The monoisotopic (exact) mass is 375 g/mol. The number of benzene rings is 2. The van der Waals surface area contributed by atoms with Gasteiger partial charge in [-0.15, -0.1) is 0 Å². The molecule has 0 heterocycles. The van der Waals surface area contributed by atoms with Crippen molar-refractivity contribution in [1.82, 2.24) is 0 Å². The number of carbonyl (C=O) groups excluding carboxylic acids is 1. The molecule has 0 bridgehead atoms. The summed E-state index contributed by atoms with van der Waals surface area (Å²) in [5, 5.41) is 3.06. The van der Waals surface area contributed by atoms with Crippen molar-refractivity contribution in [3.8, 4) is 0 Å². The quantitative estimate of drug-likeness (QED) is 0.741. The maximum atomic E-state index is 13.7. The van der Waals surface area contributed by atoms with E-state index in [2.05, 4.69) is 21.2 Å². The highest BCUT2D eigenvalue weighted by atomic mass is 79.9. The first-order valence-electron chi connectivity index (χ1n) is 5.60. The molecule has 2 aromatic carbocycles. The maximum absolute atomic E-state index is 13.7. The average Bonchev–Trinajstić information content (AvgIpc) is 2.33. The summed E-state index contributed by atoms with van der Waals surface area (Å²) in [7, 11) is 0. The minimum Gasteiger partial charge on any atom is -0.319 e. The Morgan fingerprint density at radius 1 is 1.20 bits per heavy atom. The van der Waals surface area contributed by atoms with Crippen LogP contribution in [-0.4, -0.2) is 5.91 Å². The molecule has 1 N–H and O–H groups in total. The van der Waals surface area contributed by atoms with Gasteiger partial charge in [-0.1, -0.05) is 45.2 Å². The fourth-order valence-electron chi connectivity index (χ4n) is 1.65. The molecule has 2 aromatic rings. The Hall–Kier alpha value is -1.10. The lowest BCUT2D eigenvalue weighted by Crippen LogP contribution is -2.14.